The smallest absolute Gasteiger partial charge is 0.292 e. The van der Waals surface area contributed by atoms with Crippen molar-refractivity contribution in [3.63, 3.8) is 0 Å². The van der Waals surface area contributed by atoms with E-state index in [0.717, 1.165) is 17.0 Å². The standard InChI is InChI=1S/C18H14NO/c1-2-8-17(9-3-1)19-12-16-10-14-6-4-5-7-15(14)11-18(16)20-13-19/h1-12H,13H2/q+1. The van der Waals surface area contributed by atoms with Crippen LogP contribution in [0.25, 0.3) is 10.8 Å². The number of hydrogen-bond donors (Lipinski definition) is 0. The Balaban J connectivity index is 1.86. The Kier molecular flexibility index (Phi) is 2.52. The van der Waals surface area contributed by atoms with E-state index in [1.807, 2.05) is 18.2 Å². The molecular weight excluding hydrogens is 246 g/mol. The third-order valence-electron chi connectivity index (χ3n) is 3.62. The van der Waals surface area contributed by atoms with Gasteiger partial charge in [0.05, 0.1) is 5.56 Å². The van der Waals surface area contributed by atoms with Gasteiger partial charge in [0.15, 0.2) is 6.21 Å². The molecule has 1 heterocycles. The number of para-hydroxylation sites is 1. The predicted molar refractivity (Wildman–Crippen MR) is 81.0 cm³/mol. The van der Waals surface area contributed by atoms with E-state index < -0.39 is 0 Å². The van der Waals surface area contributed by atoms with Crippen LogP contribution in [0.4, 0.5) is 5.69 Å². The quantitative estimate of drug-likeness (QED) is 0.603. The molecule has 1 aliphatic heterocycles. The minimum absolute atomic E-state index is 0.551. The van der Waals surface area contributed by atoms with E-state index in [1.54, 1.807) is 0 Å². The molecule has 0 saturated carbocycles. The monoisotopic (exact) mass is 260 g/mol. The van der Waals surface area contributed by atoms with Crippen molar-refractivity contribution in [3.05, 3.63) is 72.3 Å². The molecule has 0 atom stereocenters. The second-order valence-corrected chi connectivity index (χ2v) is 4.95. The summed E-state index contributed by atoms with van der Waals surface area (Å²) in [4.78, 5) is 0. The van der Waals surface area contributed by atoms with Gasteiger partial charge in [-0.15, -0.1) is 0 Å². The summed E-state index contributed by atoms with van der Waals surface area (Å²) in [5.74, 6) is 0.955. The average molecular weight is 260 g/mol. The molecule has 0 saturated heterocycles. The Morgan fingerprint density at radius 1 is 0.800 bits per heavy atom. The first-order chi connectivity index (χ1) is 9.90. The van der Waals surface area contributed by atoms with Crippen LogP contribution in [0, 0.1) is 0 Å². The highest BCUT2D eigenvalue weighted by Gasteiger charge is 2.18. The fourth-order valence-corrected chi connectivity index (χ4v) is 2.58. The predicted octanol–water partition coefficient (Wildman–Crippen LogP) is 3.95. The molecule has 0 amide bonds. The van der Waals surface area contributed by atoms with Gasteiger partial charge in [-0.05, 0) is 22.9 Å². The number of fused-ring (bicyclic) bond motifs is 2. The van der Waals surface area contributed by atoms with Crippen LogP contribution >= 0.6 is 0 Å². The highest BCUT2D eigenvalue weighted by atomic mass is 16.5. The number of ether oxygens (including phenoxy) is 1. The van der Waals surface area contributed by atoms with Crippen LogP contribution in [0.1, 0.15) is 5.56 Å². The minimum Gasteiger partial charge on any atom is -0.435 e. The normalized spacial score (nSPS) is 13.5. The van der Waals surface area contributed by atoms with Crippen molar-refractivity contribution in [2.45, 2.75) is 0 Å². The first-order valence-electron chi connectivity index (χ1n) is 6.72. The fraction of sp³-hybridized carbons (Fsp3) is 0.0556. The van der Waals surface area contributed by atoms with Gasteiger partial charge in [0.2, 0.25) is 5.69 Å². The lowest BCUT2D eigenvalue weighted by Gasteiger charge is -2.14. The molecule has 4 rings (SSSR count). The molecule has 0 aliphatic carbocycles. The van der Waals surface area contributed by atoms with Crippen molar-refractivity contribution in [1.29, 1.82) is 0 Å². The average Bonchev–Trinajstić information content (AvgIpc) is 2.53. The van der Waals surface area contributed by atoms with Crippen molar-refractivity contribution >= 4 is 22.7 Å². The van der Waals surface area contributed by atoms with Crippen molar-refractivity contribution < 1.29 is 9.31 Å². The SMILES string of the molecule is C1=[N+](c2ccccc2)COc2cc3ccccc3cc21. The van der Waals surface area contributed by atoms with Crippen LogP contribution in [0.3, 0.4) is 0 Å². The van der Waals surface area contributed by atoms with E-state index in [0.29, 0.717) is 6.73 Å². The van der Waals surface area contributed by atoms with Gasteiger partial charge in [-0.25, -0.2) is 0 Å². The molecule has 0 N–H and O–H groups in total. The lowest BCUT2D eigenvalue weighted by Crippen LogP contribution is -2.20. The van der Waals surface area contributed by atoms with Crippen LogP contribution in [0.15, 0.2) is 66.7 Å². The number of rotatable bonds is 1. The van der Waals surface area contributed by atoms with Gasteiger partial charge in [0.25, 0.3) is 6.73 Å². The third-order valence-corrected chi connectivity index (χ3v) is 3.62. The van der Waals surface area contributed by atoms with Gasteiger partial charge in [0.1, 0.15) is 5.75 Å². The molecule has 1 aliphatic rings. The van der Waals surface area contributed by atoms with Crippen molar-refractivity contribution in [3.8, 4) is 5.75 Å². The van der Waals surface area contributed by atoms with Crippen LogP contribution in [0.2, 0.25) is 0 Å². The molecule has 0 fully saturated rings. The van der Waals surface area contributed by atoms with E-state index >= 15 is 0 Å². The van der Waals surface area contributed by atoms with E-state index in [-0.39, 0.29) is 0 Å². The van der Waals surface area contributed by atoms with Gasteiger partial charge in [-0.2, -0.15) is 4.58 Å². The summed E-state index contributed by atoms with van der Waals surface area (Å²) in [6, 6.07) is 22.9. The van der Waals surface area contributed by atoms with Gasteiger partial charge < -0.3 is 4.74 Å². The van der Waals surface area contributed by atoms with Gasteiger partial charge in [-0.1, -0.05) is 42.5 Å². The maximum atomic E-state index is 5.89. The Morgan fingerprint density at radius 3 is 2.30 bits per heavy atom. The second kappa shape index (κ2) is 4.49. The zero-order valence-corrected chi connectivity index (χ0v) is 11.0. The van der Waals surface area contributed by atoms with Crippen molar-refractivity contribution in [2.75, 3.05) is 6.73 Å². The lowest BCUT2D eigenvalue weighted by molar-refractivity contribution is -0.476. The second-order valence-electron chi connectivity index (χ2n) is 4.95. The Hall–Kier alpha value is -2.61. The van der Waals surface area contributed by atoms with E-state index in [1.165, 1.54) is 10.8 Å². The molecule has 0 unspecified atom stereocenters. The zero-order chi connectivity index (χ0) is 13.4. The molecule has 0 bridgehead atoms. The summed E-state index contributed by atoms with van der Waals surface area (Å²) in [7, 11) is 0. The van der Waals surface area contributed by atoms with E-state index in [4.69, 9.17) is 4.74 Å². The first-order valence-corrected chi connectivity index (χ1v) is 6.72. The molecule has 3 aromatic carbocycles. The van der Waals surface area contributed by atoms with Gasteiger partial charge >= 0.3 is 0 Å². The molecule has 2 heteroatoms. The highest BCUT2D eigenvalue weighted by Crippen LogP contribution is 2.28. The summed E-state index contributed by atoms with van der Waals surface area (Å²) in [5.41, 5.74) is 2.27. The maximum Gasteiger partial charge on any atom is 0.292 e. The highest BCUT2D eigenvalue weighted by molar-refractivity contribution is 5.93. The van der Waals surface area contributed by atoms with Gasteiger partial charge in [0, 0.05) is 12.1 Å². The zero-order valence-electron chi connectivity index (χ0n) is 11.0. The van der Waals surface area contributed by atoms with E-state index in [9.17, 15) is 0 Å². The topological polar surface area (TPSA) is 12.2 Å². The minimum atomic E-state index is 0.551. The van der Waals surface area contributed by atoms with Crippen LogP contribution in [0.5, 0.6) is 5.75 Å². The summed E-state index contributed by atoms with van der Waals surface area (Å²) in [5, 5.41) is 2.45. The fourth-order valence-electron chi connectivity index (χ4n) is 2.58. The van der Waals surface area contributed by atoms with Crippen LogP contribution in [-0.2, 0) is 0 Å². The number of hydrogen-bond acceptors (Lipinski definition) is 1. The molecule has 3 aromatic rings. The molecular formula is C18H14NO+. The Morgan fingerprint density at radius 2 is 1.50 bits per heavy atom. The summed E-state index contributed by atoms with van der Waals surface area (Å²) in [6.45, 7) is 0.551. The Bertz CT molecular complexity index is 806. The molecule has 0 aromatic heterocycles. The van der Waals surface area contributed by atoms with Crippen LogP contribution in [-0.4, -0.2) is 17.5 Å². The molecule has 2 nitrogen and oxygen atoms in total. The van der Waals surface area contributed by atoms with Crippen molar-refractivity contribution in [1.82, 2.24) is 0 Å². The van der Waals surface area contributed by atoms with E-state index in [2.05, 4.69) is 59.3 Å². The molecule has 0 spiro atoms. The number of nitrogens with zero attached hydrogens (tertiary/aromatic N) is 1. The van der Waals surface area contributed by atoms with Gasteiger partial charge in [-0.3, -0.25) is 0 Å². The maximum absolute atomic E-state index is 5.89. The van der Waals surface area contributed by atoms with Crippen molar-refractivity contribution in [2.24, 2.45) is 0 Å². The third kappa shape index (κ3) is 1.86. The first kappa shape index (κ1) is 11.2. The Labute approximate surface area is 117 Å². The summed E-state index contributed by atoms with van der Waals surface area (Å²) in [6.07, 6.45) is 2.15. The summed E-state index contributed by atoms with van der Waals surface area (Å²) < 4.78 is 8.02. The largest absolute Gasteiger partial charge is 0.435 e. The summed E-state index contributed by atoms with van der Waals surface area (Å²) >= 11 is 0. The molecule has 20 heavy (non-hydrogen) atoms. The molecule has 96 valence electrons. The molecule has 0 radical (unpaired) electrons. The van der Waals surface area contributed by atoms with Crippen LogP contribution < -0.4 is 4.74 Å². The lowest BCUT2D eigenvalue weighted by atomic mass is 10.1. The number of benzene rings is 3.